The Kier molecular flexibility index (Phi) is 5.88. The van der Waals surface area contributed by atoms with Gasteiger partial charge >= 0.3 is 5.97 Å². The number of nitrogens with zero attached hydrogens (tertiary/aromatic N) is 4. The molecule has 3 rings (SSSR count). The molecule has 3 aromatic rings. The molecule has 0 bridgehead atoms. The molecule has 1 unspecified atom stereocenters. The van der Waals surface area contributed by atoms with Gasteiger partial charge in [0.1, 0.15) is 6.33 Å². The van der Waals surface area contributed by atoms with Crippen molar-refractivity contribution in [2.45, 2.75) is 19.4 Å². The number of benzene rings is 2. The van der Waals surface area contributed by atoms with E-state index in [1.165, 1.54) is 11.0 Å². The lowest BCUT2D eigenvalue weighted by Crippen LogP contribution is -2.30. The highest BCUT2D eigenvalue weighted by Gasteiger charge is 2.20. The second-order valence-corrected chi connectivity index (χ2v) is 5.75. The molecule has 0 radical (unpaired) electrons. The molecule has 2 aromatic carbocycles. The van der Waals surface area contributed by atoms with Crippen molar-refractivity contribution in [2.24, 2.45) is 0 Å². The molecule has 0 spiro atoms. The van der Waals surface area contributed by atoms with E-state index in [4.69, 9.17) is 4.74 Å². The van der Waals surface area contributed by atoms with Crippen molar-refractivity contribution in [3.63, 3.8) is 0 Å². The summed E-state index contributed by atoms with van der Waals surface area (Å²) in [6.07, 6.45) is 1.50. The van der Waals surface area contributed by atoms with Crippen LogP contribution in [-0.4, -0.2) is 38.7 Å². The third-order valence-corrected chi connectivity index (χ3v) is 3.91. The maximum absolute atomic E-state index is 12.8. The Bertz CT molecular complexity index is 897. The predicted octanol–water partition coefficient (Wildman–Crippen LogP) is 2.09. The molecule has 0 aliphatic carbocycles. The van der Waals surface area contributed by atoms with Crippen LogP contribution in [0.2, 0.25) is 0 Å². The van der Waals surface area contributed by atoms with Crippen LogP contribution in [0.1, 0.15) is 35.3 Å². The van der Waals surface area contributed by atoms with E-state index in [0.29, 0.717) is 17.9 Å². The average Bonchev–Trinajstić information content (AvgIpc) is 3.23. The molecule has 1 aromatic heterocycles. The number of carbonyl (C=O) groups is 2. The van der Waals surface area contributed by atoms with Crippen LogP contribution in [0.4, 0.5) is 0 Å². The molecule has 1 heterocycles. The van der Waals surface area contributed by atoms with Gasteiger partial charge in [-0.3, -0.25) is 9.59 Å². The normalized spacial score (nSPS) is 11.6. The van der Waals surface area contributed by atoms with Crippen molar-refractivity contribution in [1.82, 2.24) is 25.5 Å². The Labute approximate surface area is 156 Å². The monoisotopic (exact) mass is 365 g/mol. The highest BCUT2D eigenvalue weighted by atomic mass is 16.5. The smallest absolute Gasteiger partial charge is 0.308 e. The Morgan fingerprint density at radius 3 is 2.67 bits per heavy atom. The minimum atomic E-state index is -0.491. The number of esters is 1. The Morgan fingerprint density at radius 2 is 1.96 bits per heavy atom. The number of carbonyl (C=O) groups excluding carboxylic acids is 2. The van der Waals surface area contributed by atoms with Crippen LogP contribution in [-0.2, 0) is 9.53 Å². The minimum absolute atomic E-state index is 0.0519. The fraction of sp³-hybridized carbons (Fsp3) is 0.211. The SMILES string of the molecule is CCOC(=O)CC(NC(=O)c1cccc(-n2cnnn2)c1)c1ccccc1. The highest BCUT2D eigenvalue weighted by molar-refractivity contribution is 5.95. The molecular weight excluding hydrogens is 346 g/mol. The van der Waals surface area contributed by atoms with Gasteiger partial charge in [0.2, 0.25) is 0 Å². The first kappa shape index (κ1) is 18.2. The van der Waals surface area contributed by atoms with Gasteiger partial charge in [0.05, 0.1) is 24.8 Å². The van der Waals surface area contributed by atoms with Crippen molar-refractivity contribution in [3.05, 3.63) is 72.1 Å². The van der Waals surface area contributed by atoms with Crippen molar-refractivity contribution < 1.29 is 14.3 Å². The maximum Gasteiger partial charge on any atom is 0.308 e. The van der Waals surface area contributed by atoms with Gasteiger partial charge in [-0.05, 0) is 41.1 Å². The Hall–Kier alpha value is -3.55. The van der Waals surface area contributed by atoms with Crippen LogP contribution in [0.5, 0.6) is 0 Å². The third-order valence-electron chi connectivity index (χ3n) is 3.91. The summed E-state index contributed by atoms with van der Waals surface area (Å²) in [5, 5.41) is 13.9. The van der Waals surface area contributed by atoms with E-state index in [0.717, 1.165) is 5.56 Å². The van der Waals surface area contributed by atoms with Crippen molar-refractivity contribution in [1.29, 1.82) is 0 Å². The fourth-order valence-corrected chi connectivity index (χ4v) is 2.63. The zero-order valence-corrected chi connectivity index (χ0v) is 14.8. The average molecular weight is 365 g/mol. The van der Waals surface area contributed by atoms with Gasteiger partial charge in [-0.1, -0.05) is 36.4 Å². The molecule has 8 nitrogen and oxygen atoms in total. The zero-order valence-electron chi connectivity index (χ0n) is 14.8. The highest BCUT2D eigenvalue weighted by Crippen LogP contribution is 2.19. The van der Waals surface area contributed by atoms with Crippen molar-refractivity contribution >= 4 is 11.9 Å². The molecule has 0 saturated heterocycles. The molecule has 0 saturated carbocycles. The van der Waals surface area contributed by atoms with Crippen LogP contribution in [0, 0.1) is 0 Å². The molecule has 1 N–H and O–H groups in total. The first-order chi connectivity index (χ1) is 13.2. The van der Waals surface area contributed by atoms with Crippen molar-refractivity contribution in [3.8, 4) is 5.69 Å². The number of rotatable bonds is 7. The van der Waals surface area contributed by atoms with Crippen LogP contribution >= 0.6 is 0 Å². The van der Waals surface area contributed by atoms with Gasteiger partial charge in [-0.2, -0.15) is 0 Å². The van der Waals surface area contributed by atoms with E-state index in [2.05, 4.69) is 20.8 Å². The summed E-state index contributed by atoms with van der Waals surface area (Å²) in [6, 6.07) is 15.7. The van der Waals surface area contributed by atoms with Crippen LogP contribution in [0.3, 0.4) is 0 Å². The number of aromatic nitrogens is 4. The number of ether oxygens (including phenoxy) is 1. The summed E-state index contributed by atoms with van der Waals surface area (Å²) in [5.74, 6) is -0.669. The predicted molar refractivity (Wildman–Crippen MR) is 97.1 cm³/mol. The summed E-state index contributed by atoms with van der Waals surface area (Å²) in [7, 11) is 0. The molecule has 8 heteroatoms. The lowest BCUT2D eigenvalue weighted by Gasteiger charge is -2.19. The van der Waals surface area contributed by atoms with Crippen molar-refractivity contribution in [2.75, 3.05) is 6.61 Å². The quantitative estimate of drug-likeness (QED) is 0.644. The molecule has 138 valence electrons. The summed E-state index contributed by atoms with van der Waals surface area (Å²) in [6.45, 7) is 2.04. The molecule has 1 amide bonds. The zero-order chi connectivity index (χ0) is 19.1. The van der Waals surface area contributed by atoms with Gasteiger partial charge in [0.25, 0.3) is 5.91 Å². The number of nitrogens with one attached hydrogen (secondary N) is 1. The fourth-order valence-electron chi connectivity index (χ4n) is 2.63. The molecule has 0 fully saturated rings. The molecule has 0 aliphatic heterocycles. The summed E-state index contributed by atoms with van der Waals surface area (Å²) >= 11 is 0. The molecule has 0 aliphatic rings. The first-order valence-corrected chi connectivity index (χ1v) is 8.52. The second kappa shape index (κ2) is 8.70. The van der Waals surface area contributed by atoms with Gasteiger partial charge in [-0.15, -0.1) is 5.10 Å². The number of tetrazole rings is 1. The van der Waals surface area contributed by atoms with Gasteiger partial charge < -0.3 is 10.1 Å². The summed E-state index contributed by atoms with van der Waals surface area (Å²) in [5.41, 5.74) is 1.93. The maximum atomic E-state index is 12.8. The van der Waals surface area contributed by atoms with E-state index < -0.39 is 6.04 Å². The van der Waals surface area contributed by atoms with Crippen LogP contribution < -0.4 is 5.32 Å². The summed E-state index contributed by atoms with van der Waals surface area (Å²) < 4.78 is 6.50. The largest absolute Gasteiger partial charge is 0.466 e. The lowest BCUT2D eigenvalue weighted by atomic mass is 10.0. The van der Waals surface area contributed by atoms with E-state index in [1.54, 1.807) is 31.2 Å². The number of hydrogen-bond acceptors (Lipinski definition) is 6. The number of amides is 1. The van der Waals surface area contributed by atoms with Gasteiger partial charge in [0, 0.05) is 5.56 Å². The first-order valence-electron chi connectivity index (χ1n) is 8.52. The number of hydrogen-bond donors (Lipinski definition) is 1. The van der Waals surface area contributed by atoms with E-state index in [-0.39, 0.29) is 18.3 Å². The topological polar surface area (TPSA) is 99.0 Å². The van der Waals surface area contributed by atoms with Crippen LogP contribution in [0.25, 0.3) is 5.69 Å². The van der Waals surface area contributed by atoms with E-state index >= 15 is 0 Å². The standard InChI is InChI=1S/C19H19N5O3/c1-2-27-18(25)12-17(14-7-4-3-5-8-14)21-19(26)15-9-6-10-16(11-15)24-13-20-22-23-24/h3-11,13,17H,2,12H2,1H3,(H,21,26). The molecule has 1 atom stereocenters. The van der Waals surface area contributed by atoms with Gasteiger partial charge in [-0.25, -0.2) is 4.68 Å². The Morgan fingerprint density at radius 1 is 1.15 bits per heavy atom. The molecule has 27 heavy (non-hydrogen) atoms. The summed E-state index contributed by atoms with van der Waals surface area (Å²) in [4.78, 5) is 24.7. The van der Waals surface area contributed by atoms with Crippen LogP contribution in [0.15, 0.2) is 60.9 Å². The van der Waals surface area contributed by atoms with Gasteiger partial charge in [0.15, 0.2) is 0 Å². The molecular formula is C19H19N5O3. The lowest BCUT2D eigenvalue weighted by molar-refractivity contribution is -0.143. The third kappa shape index (κ3) is 4.75. The second-order valence-electron chi connectivity index (χ2n) is 5.75. The minimum Gasteiger partial charge on any atom is -0.466 e. The van der Waals surface area contributed by atoms with E-state index in [1.807, 2.05) is 30.3 Å². The van der Waals surface area contributed by atoms with E-state index in [9.17, 15) is 9.59 Å². The Balaban J connectivity index is 1.80.